The average molecular weight is 468 g/mol. The fourth-order valence-electron chi connectivity index (χ4n) is 2.98. The number of ether oxygens (including phenoxy) is 1. The van der Waals surface area contributed by atoms with Gasteiger partial charge in [0.1, 0.15) is 0 Å². The molecule has 1 rings (SSSR count). The van der Waals surface area contributed by atoms with Crippen molar-refractivity contribution in [2.75, 3.05) is 53.0 Å². The molecule has 6 heteroatoms. The van der Waals surface area contributed by atoms with E-state index in [2.05, 4.69) is 41.3 Å². The Labute approximate surface area is 172 Å². The molecule has 150 valence electrons. The first-order valence-corrected chi connectivity index (χ1v) is 9.82. The lowest BCUT2D eigenvalue weighted by molar-refractivity contribution is 0.0372. The molecule has 1 saturated heterocycles. The third kappa shape index (κ3) is 12.8. The number of nitrogens with zero attached hydrogens (tertiary/aromatic N) is 2. The van der Waals surface area contributed by atoms with Gasteiger partial charge in [-0.1, -0.05) is 40.0 Å². The van der Waals surface area contributed by atoms with Crippen molar-refractivity contribution in [2.45, 2.75) is 59.3 Å². The minimum atomic E-state index is 0. The number of aliphatic imine (C=N–C) groups is 1. The summed E-state index contributed by atoms with van der Waals surface area (Å²) in [6, 6.07) is 0. The maximum absolute atomic E-state index is 5.38. The summed E-state index contributed by atoms with van der Waals surface area (Å²) >= 11 is 0. The van der Waals surface area contributed by atoms with Gasteiger partial charge < -0.3 is 15.4 Å². The van der Waals surface area contributed by atoms with Crippen LogP contribution in [0.25, 0.3) is 0 Å². The van der Waals surface area contributed by atoms with E-state index < -0.39 is 0 Å². The maximum atomic E-state index is 5.38. The molecular formula is C19H41IN4O. The molecule has 0 atom stereocenters. The number of morpholine rings is 1. The molecule has 5 nitrogen and oxygen atoms in total. The van der Waals surface area contributed by atoms with Crippen LogP contribution in [-0.4, -0.2) is 63.8 Å². The van der Waals surface area contributed by atoms with Gasteiger partial charge in [0.15, 0.2) is 5.96 Å². The van der Waals surface area contributed by atoms with E-state index in [1.807, 2.05) is 7.05 Å². The normalized spacial score (nSPS) is 16.4. The van der Waals surface area contributed by atoms with Crippen LogP contribution in [0, 0.1) is 5.41 Å². The number of nitrogens with one attached hydrogen (secondary N) is 2. The molecular weight excluding hydrogens is 427 g/mol. The fraction of sp³-hybridized carbons (Fsp3) is 0.947. The molecule has 0 aromatic heterocycles. The Balaban J connectivity index is 0.00000576. The van der Waals surface area contributed by atoms with E-state index in [-0.39, 0.29) is 24.0 Å². The number of halogens is 1. The highest BCUT2D eigenvalue weighted by molar-refractivity contribution is 14.0. The lowest BCUT2D eigenvalue weighted by atomic mass is 9.87. The lowest BCUT2D eigenvalue weighted by Crippen LogP contribution is -2.42. The standard InChI is InChI=1S/C19H40N4O.HI/c1-5-6-7-10-19(2,3)17-22-18(20-4)21-11-8-9-12-23-13-15-24-16-14-23;/h5-17H2,1-4H3,(H2,20,21,22);1H. The van der Waals surface area contributed by atoms with Crippen molar-refractivity contribution in [3.63, 3.8) is 0 Å². The number of hydrogen-bond donors (Lipinski definition) is 2. The maximum Gasteiger partial charge on any atom is 0.190 e. The van der Waals surface area contributed by atoms with Crippen LogP contribution in [0.4, 0.5) is 0 Å². The monoisotopic (exact) mass is 468 g/mol. The summed E-state index contributed by atoms with van der Waals surface area (Å²) in [6.45, 7) is 14.0. The third-order valence-corrected chi connectivity index (χ3v) is 4.71. The van der Waals surface area contributed by atoms with Crippen LogP contribution in [0.3, 0.4) is 0 Å². The zero-order chi connectivity index (χ0) is 17.7. The topological polar surface area (TPSA) is 48.9 Å². The minimum Gasteiger partial charge on any atom is -0.379 e. The summed E-state index contributed by atoms with van der Waals surface area (Å²) in [7, 11) is 1.85. The van der Waals surface area contributed by atoms with Gasteiger partial charge in [0.2, 0.25) is 0 Å². The Hall–Kier alpha value is -0.0800. The number of guanidine groups is 1. The molecule has 25 heavy (non-hydrogen) atoms. The van der Waals surface area contributed by atoms with E-state index in [0.717, 1.165) is 45.4 Å². The number of rotatable bonds is 11. The SMILES string of the molecule is CCCCCC(C)(C)CNC(=NC)NCCCCN1CCOCC1.I. The molecule has 0 saturated carbocycles. The molecule has 0 bridgehead atoms. The highest BCUT2D eigenvalue weighted by Crippen LogP contribution is 2.22. The Morgan fingerprint density at radius 2 is 1.80 bits per heavy atom. The quantitative estimate of drug-likeness (QED) is 0.211. The average Bonchev–Trinajstić information content (AvgIpc) is 2.58. The first-order valence-electron chi connectivity index (χ1n) is 9.82. The predicted molar refractivity (Wildman–Crippen MR) is 119 cm³/mol. The molecule has 0 aliphatic carbocycles. The van der Waals surface area contributed by atoms with Crippen molar-refractivity contribution < 1.29 is 4.74 Å². The van der Waals surface area contributed by atoms with Crippen molar-refractivity contribution in [1.82, 2.24) is 15.5 Å². The molecule has 1 fully saturated rings. The Bertz CT molecular complexity index is 344. The van der Waals surface area contributed by atoms with Crippen LogP contribution < -0.4 is 10.6 Å². The van der Waals surface area contributed by atoms with Gasteiger partial charge in [-0.05, 0) is 31.2 Å². The van der Waals surface area contributed by atoms with Gasteiger partial charge in [0.05, 0.1) is 13.2 Å². The summed E-state index contributed by atoms with van der Waals surface area (Å²) in [5.74, 6) is 0.935. The highest BCUT2D eigenvalue weighted by Gasteiger charge is 2.17. The van der Waals surface area contributed by atoms with Crippen molar-refractivity contribution in [3.8, 4) is 0 Å². The van der Waals surface area contributed by atoms with Gasteiger partial charge >= 0.3 is 0 Å². The lowest BCUT2D eigenvalue weighted by Gasteiger charge is -2.27. The molecule has 0 unspecified atom stereocenters. The van der Waals surface area contributed by atoms with E-state index in [1.165, 1.54) is 45.1 Å². The largest absolute Gasteiger partial charge is 0.379 e. The van der Waals surface area contributed by atoms with Crippen LogP contribution in [-0.2, 0) is 4.74 Å². The summed E-state index contributed by atoms with van der Waals surface area (Å²) < 4.78 is 5.38. The second kappa shape index (κ2) is 15.0. The summed E-state index contributed by atoms with van der Waals surface area (Å²) in [4.78, 5) is 6.84. The zero-order valence-electron chi connectivity index (χ0n) is 16.9. The van der Waals surface area contributed by atoms with E-state index >= 15 is 0 Å². The van der Waals surface area contributed by atoms with E-state index in [1.54, 1.807) is 0 Å². The van der Waals surface area contributed by atoms with Gasteiger partial charge in [0, 0.05) is 33.2 Å². The van der Waals surface area contributed by atoms with Gasteiger partial charge in [-0.15, -0.1) is 24.0 Å². The molecule has 1 heterocycles. The van der Waals surface area contributed by atoms with Crippen LogP contribution in [0.5, 0.6) is 0 Å². The molecule has 1 aliphatic rings. The van der Waals surface area contributed by atoms with Crippen LogP contribution in [0.15, 0.2) is 4.99 Å². The molecule has 0 amide bonds. The first kappa shape index (κ1) is 24.9. The molecule has 2 N–H and O–H groups in total. The van der Waals surface area contributed by atoms with Crippen LogP contribution in [0.2, 0.25) is 0 Å². The Kier molecular flexibility index (Phi) is 15.0. The van der Waals surface area contributed by atoms with E-state index in [0.29, 0.717) is 5.41 Å². The molecule has 1 aliphatic heterocycles. The highest BCUT2D eigenvalue weighted by atomic mass is 127. The van der Waals surface area contributed by atoms with Gasteiger partial charge in [-0.2, -0.15) is 0 Å². The summed E-state index contributed by atoms with van der Waals surface area (Å²) in [6.07, 6.45) is 7.62. The summed E-state index contributed by atoms with van der Waals surface area (Å²) in [5, 5.41) is 6.93. The van der Waals surface area contributed by atoms with Gasteiger partial charge in [-0.25, -0.2) is 0 Å². The number of unbranched alkanes of at least 4 members (excludes halogenated alkanes) is 3. The molecule has 0 radical (unpaired) electrons. The molecule has 0 aromatic rings. The minimum absolute atomic E-state index is 0. The van der Waals surface area contributed by atoms with E-state index in [9.17, 15) is 0 Å². The summed E-state index contributed by atoms with van der Waals surface area (Å²) in [5.41, 5.74) is 0.323. The second-order valence-corrected chi connectivity index (χ2v) is 7.63. The van der Waals surface area contributed by atoms with Crippen LogP contribution >= 0.6 is 24.0 Å². The Morgan fingerprint density at radius 1 is 1.08 bits per heavy atom. The molecule has 0 aromatic carbocycles. The third-order valence-electron chi connectivity index (χ3n) is 4.71. The Morgan fingerprint density at radius 3 is 2.44 bits per heavy atom. The van der Waals surface area contributed by atoms with Crippen molar-refractivity contribution in [3.05, 3.63) is 0 Å². The number of hydrogen-bond acceptors (Lipinski definition) is 3. The van der Waals surface area contributed by atoms with Crippen molar-refractivity contribution in [1.29, 1.82) is 0 Å². The van der Waals surface area contributed by atoms with Crippen molar-refractivity contribution >= 4 is 29.9 Å². The van der Waals surface area contributed by atoms with Gasteiger partial charge in [-0.3, -0.25) is 9.89 Å². The predicted octanol–water partition coefficient (Wildman–Crippen LogP) is 3.49. The first-order chi connectivity index (χ1) is 11.6. The smallest absolute Gasteiger partial charge is 0.190 e. The van der Waals surface area contributed by atoms with E-state index in [4.69, 9.17) is 4.74 Å². The van der Waals surface area contributed by atoms with Crippen molar-refractivity contribution in [2.24, 2.45) is 10.4 Å². The van der Waals surface area contributed by atoms with Gasteiger partial charge in [0.25, 0.3) is 0 Å². The fourth-order valence-corrected chi connectivity index (χ4v) is 2.98. The van der Waals surface area contributed by atoms with Crippen LogP contribution in [0.1, 0.15) is 59.3 Å². The zero-order valence-corrected chi connectivity index (χ0v) is 19.2. The molecule has 0 spiro atoms. The second-order valence-electron chi connectivity index (χ2n) is 7.63.